The van der Waals surface area contributed by atoms with Gasteiger partial charge in [-0.2, -0.15) is 0 Å². The molecule has 1 unspecified atom stereocenters. The summed E-state index contributed by atoms with van der Waals surface area (Å²) in [5.41, 5.74) is 0.484. The summed E-state index contributed by atoms with van der Waals surface area (Å²) in [7, 11) is 0. The summed E-state index contributed by atoms with van der Waals surface area (Å²) in [5, 5.41) is 18.6. The first kappa shape index (κ1) is 16.0. The first-order valence-corrected chi connectivity index (χ1v) is 6.49. The number of halogens is 1. The maximum absolute atomic E-state index is 13.3. The zero-order valence-electron chi connectivity index (χ0n) is 11.3. The number of likely N-dealkylation sites (N-methyl/N-ethyl adjacent to an activating group) is 1. The zero-order chi connectivity index (χ0) is 14.1. The Morgan fingerprint density at radius 2 is 2.11 bits per heavy atom. The third-order valence-electron chi connectivity index (χ3n) is 2.86. The molecule has 0 heterocycles. The molecule has 1 atom stereocenters. The van der Waals surface area contributed by atoms with Crippen LogP contribution in [0.25, 0.3) is 0 Å². The van der Waals surface area contributed by atoms with Crippen molar-refractivity contribution in [2.24, 2.45) is 0 Å². The van der Waals surface area contributed by atoms with Gasteiger partial charge in [0.15, 0.2) is 0 Å². The zero-order valence-corrected chi connectivity index (χ0v) is 11.3. The van der Waals surface area contributed by atoms with Gasteiger partial charge in [-0.3, -0.25) is 4.90 Å². The van der Waals surface area contributed by atoms with Gasteiger partial charge in [-0.15, -0.1) is 0 Å². The number of aliphatic hydroxyl groups excluding tert-OH is 2. The fourth-order valence-electron chi connectivity index (χ4n) is 1.79. The van der Waals surface area contributed by atoms with Crippen LogP contribution in [0.15, 0.2) is 24.3 Å². The van der Waals surface area contributed by atoms with Crippen LogP contribution in [0.1, 0.15) is 12.5 Å². The molecule has 1 aromatic carbocycles. The fourth-order valence-corrected chi connectivity index (χ4v) is 1.79. The molecule has 0 fully saturated rings. The van der Waals surface area contributed by atoms with Crippen molar-refractivity contribution in [1.82, 2.24) is 4.90 Å². The van der Waals surface area contributed by atoms with Crippen LogP contribution in [0.3, 0.4) is 0 Å². The van der Waals surface area contributed by atoms with E-state index in [-0.39, 0.29) is 25.6 Å². The third-order valence-corrected chi connectivity index (χ3v) is 2.86. The smallest absolute Gasteiger partial charge is 0.128 e. The van der Waals surface area contributed by atoms with E-state index in [0.717, 1.165) is 6.54 Å². The Morgan fingerprint density at radius 1 is 1.37 bits per heavy atom. The second-order valence-electron chi connectivity index (χ2n) is 4.38. The Balaban J connectivity index is 2.27. The van der Waals surface area contributed by atoms with Crippen LogP contribution >= 0.6 is 0 Å². The van der Waals surface area contributed by atoms with E-state index in [0.29, 0.717) is 18.7 Å². The molecular weight excluding hydrogens is 249 g/mol. The summed E-state index contributed by atoms with van der Waals surface area (Å²) in [5.74, 6) is -0.299. The minimum absolute atomic E-state index is 0.0661. The van der Waals surface area contributed by atoms with Crippen LogP contribution in [0.5, 0.6) is 0 Å². The highest BCUT2D eigenvalue weighted by atomic mass is 19.1. The minimum atomic E-state index is -0.640. The molecular formula is C14H22FNO3. The van der Waals surface area contributed by atoms with Crippen molar-refractivity contribution in [3.8, 4) is 0 Å². The van der Waals surface area contributed by atoms with E-state index in [9.17, 15) is 9.50 Å². The van der Waals surface area contributed by atoms with Gasteiger partial charge < -0.3 is 14.9 Å². The largest absolute Gasteiger partial charge is 0.395 e. The Bertz CT molecular complexity index is 362. The van der Waals surface area contributed by atoms with E-state index in [2.05, 4.69) is 0 Å². The molecule has 5 heteroatoms. The number of aliphatic hydroxyl groups is 2. The topological polar surface area (TPSA) is 52.9 Å². The van der Waals surface area contributed by atoms with Gasteiger partial charge in [-0.05, 0) is 12.6 Å². The normalized spacial score (nSPS) is 12.9. The van der Waals surface area contributed by atoms with Gasteiger partial charge in [-0.25, -0.2) is 4.39 Å². The number of rotatable bonds is 9. The van der Waals surface area contributed by atoms with Crippen LogP contribution in [-0.2, 0) is 11.3 Å². The Labute approximate surface area is 113 Å². The molecule has 19 heavy (non-hydrogen) atoms. The van der Waals surface area contributed by atoms with Crippen LogP contribution < -0.4 is 0 Å². The Hall–Kier alpha value is -1.01. The van der Waals surface area contributed by atoms with Gasteiger partial charge in [0.1, 0.15) is 5.82 Å². The van der Waals surface area contributed by atoms with Crippen LogP contribution in [0, 0.1) is 5.82 Å². The molecule has 108 valence electrons. The average Bonchev–Trinajstić information content (AvgIpc) is 2.40. The van der Waals surface area contributed by atoms with Crippen molar-refractivity contribution in [2.45, 2.75) is 19.6 Å². The summed E-state index contributed by atoms with van der Waals surface area (Å²) >= 11 is 0. The number of hydrogen-bond donors (Lipinski definition) is 2. The molecule has 0 aliphatic rings. The molecule has 0 saturated carbocycles. The monoisotopic (exact) mass is 271 g/mol. The van der Waals surface area contributed by atoms with Crippen molar-refractivity contribution in [1.29, 1.82) is 0 Å². The highest BCUT2D eigenvalue weighted by Crippen LogP contribution is 2.07. The lowest BCUT2D eigenvalue weighted by molar-refractivity contribution is 0.00780. The predicted molar refractivity (Wildman–Crippen MR) is 71.3 cm³/mol. The van der Waals surface area contributed by atoms with E-state index in [4.69, 9.17) is 9.84 Å². The maximum atomic E-state index is 13.3. The highest BCUT2D eigenvalue weighted by molar-refractivity contribution is 5.16. The molecule has 1 aromatic rings. The minimum Gasteiger partial charge on any atom is -0.395 e. The van der Waals surface area contributed by atoms with Crippen molar-refractivity contribution in [2.75, 3.05) is 32.8 Å². The summed E-state index contributed by atoms with van der Waals surface area (Å²) in [4.78, 5) is 1.93. The number of nitrogens with zero attached hydrogens (tertiary/aromatic N) is 1. The Morgan fingerprint density at radius 3 is 2.74 bits per heavy atom. The van der Waals surface area contributed by atoms with Crippen LogP contribution in [-0.4, -0.2) is 54.1 Å². The van der Waals surface area contributed by atoms with Crippen molar-refractivity contribution >= 4 is 0 Å². The lowest BCUT2D eigenvalue weighted by Gasteiger charge is -2.22. The summed E-state index contributed by atoms with van der Waals surface area (Å²) in [6.45, 7) is 4.05. The van der Waals surface area contributed by atoms with Gasteiger partial charge in [0.2, 0.25) is 0 Å². The van der Waals surface area contributed by atoms with E-state index < -0.39 is 6.10 Å². The molecule has 0 amide bonds. The van der Waals surface area contributed by atoms with Gasteiger partial charge in [0, 0.05) is 18.7 Å². The van der Waals surface area contributed by atoms with Crippen molar-refractivity contribution in [3.63, 3.8) is 0 Å². The lowest BCUT2D eigenvalue weighted by Crippen LogP contribution is -2.36. The Kier molecular flexibility index (Phi) is 7.59. The highest BCUT2D eigenvalue weighted by Gasteiger charge is 2.10. The SMILES string of the molecule is CCN(CCO)CC(O)COCc1ccccc1F. The molecule has 2 N–H and O–H groups in total. The third kappa shape index (κ3) is 6.11. The van der Waals surface area contributed by atoms with Crippen molar-refractivity contribution < 1.29 is 19.3 Å². The standard InChI is InChI=1S/C14H22FNO3/c1-2-16(7-8-17)9-13(18)11-19-10-12-5-3-4-6-14(12)15/h3-6,13,17-18H,2,7-11H2,1H3. The van der Waals surface area contributed by atoms with E-state index >= 15 is 0 Å². The molecule has 1 rings (SSSR count). The van der Waals surface area contributed by atoms with E-state index in [1.165, 1.54) is 6.07 Å². The molecule has 0 bridgehead atoms. The van der Waals surface area contributed by atoms with Gasteiger partial charge in [-0.1, -0.05) is 25.1 Å². The van der Waals surface area contributed by atoms with Crippen molar-refractivity contribution in [3.05, 3.63) is 35.6 Å². The maximum Gasteiger partial charge on any atom is 0.128 e. The van der Waals surface area contributed by atoms with Gasteiger partial charge in [0.05, 0.1) is 25.9 Å². The van der Waals surface area contributed by atoms with Gasteiger partial charge >= 0.3 is 0 Å². The number of hydrogen-bond acceptors (Lipinski definition) is 4. The molecule has 0 saturated heterocycles. The predicted octanol–water partition coefficient (Wildman–Crippen LogP) is 1.02. The molecule has 4 nitrogen and oxygen atoms in total. The van der Waals surface area contributed by atoms with Crippen LogP contribution in [0.4, 0.5) is 4.39 Å². The first-order valence-electron chi connectivity index (χ1n) is 6.49. The molecule has 0 aliphatic heterocycles. The summed E-state index contributed by atoms with van der Waals surface area (Å²) in [6, 6.07) is 6.42. The first-order chi connectivity index (χ1) is 9.17. The molecule has 0 aliphatic carbocycles. The van der Waals surface area contributed by atoms with Gasteiger partial charge in [0.25, 0.3) is 0 Å². The summed E-state index contributed by atoms with van der Waals surface area (Å²) < 4.78 is 18.6. The molecule has 0 spiro atoms. The summed E-state index contributed by atoms with van der Waals surface area (Å²) in [6.07, 6.45) is -0.640. The number of benzene rings is 1. The van der Waals surface area contributed by atoms with Crippen LogP contribution in [0.2, 0.25) is 0 Å². The second-order valence-corrected chi connectivity index (χ2v) is 4.38. The molecule has 0 radical (unpaired) electrons. The van der Waals surface area contributed by atoms with E-state index in [1.807, 2.05) is 11.8 Å². The number of ether oxygens (including phenoxy) is 1. The second kappa shape index (κ2) is 8.98. The fraction of sp³-hybridized carbons (Fsp3) is 0.571. The van der Waals surface area contributed by atoms with E-state index in [1.54, 1.807) is 18.2 Å². The average molecular weight is 271 g/mol. The molecule has 0 aromatic heterocycles. The lowest BCUT2D eigenvalue weighted by atomic mass is 10.2. The quantitative estimate of drug-likeness (QED) is 0.704.